The minimum absolute atomic E-state index is 0.122. The summed E-state index contributed by atoms with van der Waals surface area (Å²) in [6.45, 7) is 5.76. The van der Waals surface area contributed by atoms with Crippen LogP contribution in [0.4, 0.5) is 0 Å². The standard InChI is InChI=1S/C70H127NO10/c1-4-7-10-13-16-19-22-24-26-28-29-30-31-32-33-34-35-36-38-40-43-46-49-52-55-58-65(75)81-68-67(77)66(76)64(59-72)80-70(68)79-60-61(62(73)56-53-50-47-44-41-21-18-15-12-9-6-3)71-69(78)63(74)57-54-51-48-45-42-39-37-27-25-23-20-17-14-11-8-5-2/h17,20,24-27,39,42,53,56,61-64,66-68,70,72-74,76-77H,4-16,18-19,21-23,28-38,40-41,43-52,54-55,57-60H2,1-3H3,(H,71,78)/b20-17-,26-24+,27-25-,42-39-,56-53+. The minimum Gasteiger partial charge on any atom is -0.454 e. The van der Waals surface area contributed by atoms with Gasteiger partial charge < -0.3 is 45.1 Å². The zero-order valence-corrected chi connectivity index (χ0v) is 52.4. The molecule has 1 saturated heterocycles. The Hall–Kier alpha value is -2.64. The molecule has 0 bridgehead atoms. The van der Waals surface area contributed by atoms with Gasteiger partial charge in [-0.1, -0.05) is 274 Å². The van der Waals surface area contributed by atoms with Crippen molar-refractivity contribution in [1.29, 1.82) is 0 Å². The summed E-state index contributed by atoms with van der Waals surface area (Å²) in [6, 6.07) is -1.04. The summed E-state index contributed by atoms with van der Waals surface area (Å²) < 4.78 is 17.7. The number of carbonyl (C=O) groups excluding carboxylic acids is 2. The molecule has 472 valence electrons. The molecular weight excluding hydrogens is 1010 g/mol. The van der Waals surface area contributed by atoms with E-state index in [1.165, 1.54) is 186 Å². The molecule has 1 amide bonds. The summed E-state index contributed by atoms with van der Waals surface area (Å²) in [6.07, 6.45) is 62.7. The maximum atomic E-state index is 13.4. The van der Waals surface area contributed by atoms with Gasteiger partial charge in [-0.15, -0.1) is 0 Å². The first-order valence-corrected chi connectivity index (χ1v) is 34.1. The Morgan fingerprint density at radius 3 is 1.31 bits per heavy atom. The van der Waals surface area contributed by atoms with Crippen LogP contribution >= 0.6 is 0 Å². The highest BCUT2D eigenvalue weighted by Crippen LogP contribution is 2.26. The fourth-order valence-electron chi connectivity index (χ4n) is 10.5. The zero-order valence-electron chi connectivity index (χ0n) is 52.4. The van der Waals surface area contributed by atoms with Crippen molar-refractivity contribution in [2.45, 2.75) is 359 Å². The molecule has 0 radical (unpaired) electrons. The highest BCUT2D eigenvalue weighted by Gasteiger charge is 2.47. The average molecular weight is 1140 g/mol. The van der Waals surface area contributed by atoms with Gasteiger partial charge >= 0.3 is 5.97 Å². The van der Waals surface area contributed by atoms with Crippen LogP contribution < -0.4 is 5.32 Å². The molecule has 0 aliphatic carbocycles. The van der Waals surface area contributed by atoms with Crippen molar-refractivity contribution >= 4 is 11.9 Å². The van der Waals surface area contributed by atoms with Crippen molar-refractivity contribution in [2.75, 3.05) is 13.2 Å². The Bertz CT molecular complexity index is 1550. The SMILES string of the molecule is CCCCC/C=C\C/C=C\C/C=C\CCCCCC(O)C(=O)NC(COC1OC(CO)C(O)C(O)C1OC(=O)CCCCCCCCCCCCCCCCC/C=C/CCCCCCCC)C(O)/C=C/CCCCCCCCCCC. The molecule has 0 aromatic heterocycles. The first-order chi connectivity index (χ1) is 39.7. The van der Waals surface area contributed by atoms with Gasteiger partial charge in [0.25, 0.3) is 0 Å². The van der Waals surface area contributed by atoms with E-state index in [-0.39, 0.29) is 19.4 Å². The van der Waals surface area contributed by atoms with E-state index in [9.17, 15) is 35.1 Å². The van der Waals surface area contributed by atoms with Crippen LogP contribution in [0.5, 0.6) is 0 Å². The summed E-state index contributed by atoms with van der Waals surface area (Å²) in [5, 5.41) is 57.0. The number of rotatable bonds is 58. The second-order valence-corrected chi connectivity index (χ2v) is 23.6. The van der Waals surface area contributed by atoms with Gasteiger partial charge in [0.05, 0.1) is 25.4 Å². The summed E-state index contributed by atoms with van der Waals surface area (Å²) in [5.74, 6) is -1.21. The van der Waals surface area contributed by atoms with Gasteiger partial charge in [0, 0.05) is 6.42 Å². The van der Waals surface area contributed by atoms with E-state index in [2.05, 4.69) is 74.7 Å². The maximum Gasteiger partial charge on any atom is 0.306 e. The molecule has 11 heteroatoms. The first-order valence-electron chi connectivity index (χ1n) is 34.1. The van der Waals surface area contributed by atoms with Gasteiger partial charge in [-0.05, 0) is 89.9 Å². The van der Waals surface area contributed by atoms with Crippen LogP contribution in [0.15, 0.2) is 60.8 Å². The predicted molar refractivity (Wildman–Crippen MR) is 338 cm³/mol. The number of esters is 1. The second kappa shape index (κ2) is 57.8. The molecule has 1 heterocycles. The molecule has 81 heavy (non-hydrogen) atoms. The monoisotopic (exact) mass is 1140 g/mol. The third-order valence-corrected chi connectivity index (χ3v) is 15.9. The molecule has 0 aromatic rings. The maximum absolute atomic E-state index is 13.4. The van der Waals surface area contributed by atoms with Gasteiger partial charge in [0.15, 0.2) is 12.4 Å². The molecule has 6 N–H and O–H groups in total. The molecule has 1 rings (SSSR count). The van der Waals surface area contributed by atoms with Crippen molar-refractivity contribution < 1.29 is 49.3 Å². The van der Waals surface area contributed by atoms with E-state index >= 15 is 0 Å². The lowest BCUT2D eigenvalue weighted by Gasteiger charge is -2.41. The third kappa shape index (κ3) is 45.4. The van der Waals surface area contributed by atoms with E-state index < -0.39 is 67.4 Å². The lowest BCUT2D eigenvalue weighted by Crippen LogP contribution is -2.61. The van der Waals surface area contributed by atoms with Crippen LogP contribution in [0, 0.1) is 0 Å². The fourth-order valence-corrected chi connectivity index (χ4v) is 10.5. The lowest BCUT2D eigenvalue weighted by atomic mass is 9.99. The Balaban J connectivity index is 2.57. The summed E-state index contributed by atoms with van der Waals surface area (Å²) in [5.41, 5.74) is 0. The number of nitrogens with one attached hydrogen (secondary N) is 1. The van der Waals surface area contributed by atoms with Crippen molar-refractivity contribution in [2.24, 2.45) is 0 Å². The van der Waals surface area contributed by atoms with Gasteiger partial charge in [0.2, 0.25) is 5.91 Å². The average Bonchev–Trinajstić information content (AvgIpc) is 3.50. The lowest BCUT2D eigenvalue weighted by molar-refractivity contribution is -0.305. The second-order valence-electron chi connectivity index (χ2n) is 23.6. The minimum atomic E-state index is -1.62. The summed E-state index contributed by atoms with van der Waals surface area (Å²) in [4.78, 5) is 26.6. The van der Waals surface area contributed by atoms with Gasteiger partial charge in [-0.25, -0.2) is 0 Å². The number of aliphatic hydroxyl groups is 5. The van der Waals surface area contributed by atoms with E-state index in [0.29, 0.717) is 12.8 Å². The number of hydrogen-bond acceptors (Lipinski definition) is 10. The predicted octanol–water partition coefficient (Wildman–Crippen LogP) is 17.0. The van der Waals surface area contributed by atoms with E-state index in [0.717, 1.165) is 77.0 Å². The molecule has 1 aliphatic rings. The fraction of sp³-hybridized carbons (Fsp3) is 0.829. The van der Waals surface area contributed by atoms with Crippen LogP contribution in [0.2, 0.25) is 0 Å². The van der Waals surface area contributed by atoms with Gasteiger partial charge in [-0.3, -0.25) is 9.59 Å². The molecule has 0 spiro atoms. The largest absolute Gasteiger partial charge is 0.454 e. The van der Waals surface area contributed by atoms with Crippen LogP contribution in [0.1, 0.15) is 310 Å². The number of amides is 1. The number of ether oxygens (including phenoxy) is 3. The van der Waals surface area contributed by atoms with E-state index in [1.807, 2.05) is 6.08 Å². The van der Waals surface area contributed by atoms with Crippen LogP contribution in [0.3, 0.4) is 0 Å². The molecule has 8 unspecified atom stereocenters. The number of allylic oxidation sites excluding steroid dienone is 9. The summed E-state index contributed by atoms with van der Waals surface area (Å²) in [7, 11) is 0. The Morgan fingerprint density at radius 2 is 0.852 bits per heavy atom. The highest BCUT2D eigenvalue weighted by atomic mass is 16.7. The molecule has 0 saturated carbocycles. The number of hydrogen-bond donors (Lipinski definition) is 6. The van der Waals surface area contributed by atoms with Gasteiger partial charge in [0.1, 0.15) is 24.4 Å². The molecule has 0 aromatic carbocycles. The van der Waals surface area contributed by atoms with E-state index in [1.54, 1.807) is 6.08 Å². The molecule has 1 fully saturated rings. The molecule has 1 aliphatic heterocycles. The molecule has 11 nitrogen and oxygen atoms in total. The molecule has 8 atom stereocenters. The number of carbonyl (C=O) groups is 2. The zero-order chi connectivity index (χ0) is 58.9. The van der Waals surface area contributed by atoms with Gasteiger partial charge in [-0.2, -0.15) is 0 Å². The molecular formula is C70H127NO10. The first kappa shape index (κ1) is 76.4. The highest BCUT2D eigenvalue weighted by molar-refractivity contribution is 5.80. The van der Waals surface area contributed by atoms with E-state index in [4.69, 9.17) is 14.2 Å². The smallest absolute Gasteiger partial charge is 0.306 e. The number of unbranched alkanes of at least 4 members (excludes halogenated alkanes) is 36. The normalized spacial score (nSPS) is 19.0. The number of aliphatic hydroxyl groups excluding tert-OH is 5. The Kier molecular flexibility index (Phi) is 54.5. The Labute approximate surface area is 497 Å². The van der Waals surface area contributed by atoms with Crippen LogP contribution in [-0.4, -0.2) is 99.6 Å². The quantitative estimate of drug-likeness (QED) is 0.0195. The third-order valence-electron chi connectivity index (χ3n) is 15.9. The topological polar surface area (TPSA) is 175 Å². The van der Waals surface area contributed by atoms with Crippen LogP contribution in [-0.2, 0) is 23.8 Å². The van der Waals surface area contributed by atoms with Crippen molar-refractivity contribution in [3.8, 4) is 0 Å². The summed E-state index contributed by atoms with van der Waals surface area (Å²) >= 11 is 0. The Morgan fingerprint density at radius 1 is 0.481 bits per heavy atom. The van der Waals surface area contributed by atoms with Crippen molar-refractivity contribution in [1.82, 2.24) is 5.32 Å². The van der Waals surface area contributed by atoms with Crippen molar-refractivity contribution in [3.05, 3.63) is 60.8 Å². The van der Waals surface area contributed by atoms with Crippen molar-refractivity contribution in [3.63, 3.8) is 0 Å². The van der Waals surface area contributed by atoms with Crippen LogP contribution in [0.25, 0.3) is 0 Å².